The first kappa shape index (κ1) is 12.7. The minimum Gasteiger partial charge on any atom is -0.324 e. The van der Waals surface area contributed by atoms with Crippen molar-refractivity contribution in [3.05, 3.63) is 58.6 Å². The highest BCUT2D eigenvalue weighted by atomic mass is 35.5. The molecule has 0 radical (unpaired) electrons. The third-order valence-electron chi connectivity index (χ3n) is 3.07. The number of para-hydroxylation sites is 2. The third-order valence-corrected chi connectivity index (χ3v) is 3.30. The molecule has 0 bridgehead atoms. The van der Waals surface area contributed by atoms with E-state index in [1.54, 1.807) is 12.1 Å². The van der Waals surface area contributed by atoms with Crippen molar-refractivity contribution in [1.82, 2.24) is 9.97 Å². The number of aryl methyl sites for hydroxylation is 1. The number of benzene rings is 2. The molecule has 2 N–H and O–H groups in total. The van der Waals surface area contributed by atoms with Crippen LogP contribution in [-0.2, 0) is 0 Å². The average molecular weight is 286 g/mol. The van der Waals surface area contributed by atoms with Crippen molar-refractivity contribution in [2.24, 2.45) is 0 Å². The molecule has 1 aromatic heterocycles. The lowest BCUT2D eigenvalue weighted by atomic mass is 10.1. The van der Waals surface area contributed by atoms with Crippen LogP contribution in [0, 0.1) is 6.92 Å². The zero-order valence-corrected chi connectivity index (χ0v) is 11.5. The molecule has 0 aliphatic carbocycles. The monoisotopic (exact) mass is 285 g/mol. The van der Waals surface area contributed by atoms with E-state index in [4.69, 9.17) is 11.6 Å². The number of anilines is 1. The number of fused-ring (bicyclic) bond motifs is 1. The number of nitrogens with one attached hydrogen (secondary N) is 2. The molecular formula is C15H12ClN3O. The van der Waals surface area contributed by atoms with Crippen molar-refractivity contribution >= 4 is 34.5 Å². The van der Waals surface area contributed by atoms with Crippen LogP contribution in [0.25, 0.3) is 11.0 Å². The Hall–Kier alpha value is -2.33. The number of hydrogen-bond acceptors (Lipinski definition) is 2. The van der Waals surface area contributed by atoms with E-state index in [0.29, 0.717) is 16.5 Å². The maximum Gasteiger partial charge on any atom is 0.258 e. The number of rotatable bonds is 2. The zero-order valence-electron chi connectivity index (χ0n) is 10.8. The van der Waals surface area contributed by atoms with E-state index in [-0.39, 0.29) is 5.91 Å². The van der Waals surface area contributed by atoms with Gasteiger partial charge in [-0.3, -0.25) is 10.1 Å². The number of halogens is 1. The second-order valence-electron chi connectivity index (χ2n) is 4.52. The van der Waals surface area contributed by atoms with Crippen molar-refractivity contribution in [3.8, 4) is 0 Å². The highest BCUT2D eigenvalue weighted by Crippen LogP contribution is 2.18. The Morgan fingerprint density at radius 1 is 1.25 bits per heavy atom. The number of aromatic amines is 1. The van der Waals surface area contributed by atoms with Gasteiger partial charge in [-0.05, 0) is 36.8 Å². The number of amides is 1. The summed E-state index contributed by atoms with van der Waals surface area (Å²) < 4.78 is 0. The summed E-state index contributed by atoms with van der Waals surface area (Å²) in [4.78, 5) is 19.6. The number of carbonyl (C=O) groups is 1. The maximum absolute atomic E-state index is 12.2. The predicted molar refractivity (Wildman–Crippen MR) is 80.2 cm³/mol. The van der Waals surface area contributed by atoms with Gasteiger partial charge in [0.15, 0.2) is 0 Å². The number of H-pyrrole nitrogens is 1. The summed E-state index contributed by atoms with van der Waals surface area (Å²) >= 11 is 5.92. The molecule has 3 aromatic rings. The second-order valence-corrected chi connectivity index (χ2v) is 4.95. The number of hydrogen-bond donors (Lipinski definition) is 2. The summed E-state index contributed by atoms with van der Waals surface area (Å²) in [5.41, 5.74) is 3.09. The minimum absolute atomic E-state index is 0.232. The van der Waals surface area contributed by atoms with Crippen LogP contribution in [0.5, 0.6) is 0 Å². The fourth-order valence-electron chi connectivity index (χ4n) is 2.03. The molecule has 0 fully saturated rings. The lowest BCUT2D eigenvalue weighted by Crippen LogP contribution is -2.14. The van der Waals surface area contributed by atoms with Crippen LogP contribution in [0.4, 0.5) is 5.95 Å². The first-order valence-corrected chi connectivity index (χ1v) is 6.53. The summed E-state index contributed by atoms with van der Waals surface area (Å²) in [7, 11) is 0. The van der Waals surface area contributed by atoms with E-state index < -0.39 is 0 Å². The van der Waals surface area contributed by atoms with Gasteiger partial charge in [-0.25, -0.2) is 4.98 Å². The Labute approximate surface area is 120 Å². The Morgan fingerprint density at radius 3 is 2.85 bits per heavy atom. The average Bonchev–Trinajstić information content (AvgIpc) is 2.83. The fourth-order valence-corrected chi connectivity index (χ4v) is 2.20. The predicted octanol–water partition coefficient (Wildman–Crippen LogP) is 3.78. The molecule has 2 aromatic carbocycles. The Balaban J connectivity index is 1.90. The largest absolute Gasteiger partial charge is 0.324 e. The summed E-state index contributed by atoms with van der Waals surface area (Å²) in [5, 5.41) is 3.28. The standard InChI is InChI=1S/C15H12ClN3O/c1-9-6-7-10(16)8-11(9)14(20)19-15-17-12-4-2-3-5-13(12)18-15/h2-8H,1H3,(H2,17,18,19,20). The lowest BCUT2D eigenvalue weighted by Gasteiger charge is -2.05. The van der Waals surface area contributed by atoms with Crippen LogP contribution in [0.1, 0.15) is 15.9 Å². The first-order chi connectivity index (χ1) is 9.63. The molecule has 0 unspecified atom stereocenters. The van der Waals surface area contributed by atoms with E-state index in [2.05, 4.69) is 15.3 Å². The molecule has 0 atom stereocenters. The van der Waals surface area contributed by atoms with E-state index in [1.165, 1.54) is 0 Å². The molecule has 5 heteroatoms. The topological polar surface area (TPSA) is 57.8 Å². The van der Waals surface area contributed by atoms with E-state index >= 15 is 0 Å². The van der Waals surface area contributed by atoms with Crippen molar-refractivity contribution in [2.45, 2.75) is 6.92 Å². The molecule has 1 amide bonds. The van der Waals surface area contributed by atoms with Crippen LogP contribution < -0.4 is 5.32 Å². The highest BCUT2D eigenvalue weighted by molar-refractivity contribution is 6.31. The molecule has 1 heterocycles. The van der Waals surface area contributed by atoms with Gasteiger partial charge in [0.25, 0.3) is 5.91 Å². The lowest BCUT2D eigenvalue weighted by molar-refractivity contribution is 0.102. The van der Waals surface area contributed by atoms with Gasteiger partial charge in [-0.15, -0.1) is 0 Å². The summed E-state index contributed by atoms with van der Waals surface area (Å²) in [5.74, 6) is 0.194. The van der Waals surface area contributed by atoms with E-state index in [0.717, 1.165) is 16.6 Å². The van der Waals surface area contributed by atoms with E-state index in [9.17, 15) is 4.79 Å². The summed E-state index contributed by atoms with van der Waals surface area (Å²) in [6.07, 6.45) is 0. The van der Waals surface area contributed by atoms with Gasteiger partial charge in [-0.1, -0.05) is 29.8 Å². The molecule has 0 aliphatic heterocycles. The molecule has 20 heavy (non-hydrogen) atoms. The van der Waals surface area contributed by atoms with Gasteiger partial charge in [0.1, 0.15) is 0 Å². The molecule has 100 valence electrons. The van der Waals surface area contributed by atoms with Crippen LogP contribution in [-0.4, -0.2) is 15.9 Å². The molecule has 0 spiro atoms. The maximum atomic E-state index is 12.2. The van der Waals surface area contributed by atoms with Crippen molar-refractivity contribution < 1.29 is 4.79 Å². The quantitative estimate of drug-likeness (QED) is 0.753. The van der Waals surface area contributed by atoms with E-state index in [1.807, 2.05) is 37.3 Å². The van der Waals surface area contributed by atoms with Gasteiger partial charge in [0.2, 0.25) is 5.95 Å². The van der Waals surface area contributed by atoms with Crippen molar-refractivity contribution in [2.75, 3.05) is 5.32 Å². The summed E-state index contributed by atoms with van der Waals surface area (Å²) in [6.45, 7) is 1.86. The molecule has 0 aliphatic rings. The van der Waals surface area contributed by atoms with Gasteiger partial charge in [0.05, 0.1) is 11.0 Å². The SMILES string of the molecule is Cc1ccc(Cl)cc1C(=O)Nc1nc2ccccc2[nH]1. The Morgan fingerprint density at radius 2 is 2.05 bits per heavy atom. The minimum atomic E-state index is -0.232. The molecule has 0 saturated carbocycles. The zero-order chi connectivity index (χ0) is 14.1. The fraction of sp³-hybridized carbons (Fsp3) is 0.0667. The van der Waals surface area contributed by atoms with Crippen LogP contribution in [0.2, 0.25) is 5.02 Å². The summed E-state index contributed by atoms with van der Waals surface area (Å²) in [6, 6.07) is 12.8. The smallest absolute Gasteiger partial charge is 0.258 e. The van der Waals surface area contributed by atoms with Gasteiger partial charge >= 0.3 is 0 Å². The normalized spacial score (nSPS) is 10.7. The van der Waals surface area contributed by atoms with Crippen LogP contribution in [0.3, 0.4) is 0 Å². The number of aromatic nitrogens is 2. The molecule has 4 nitrogen and oxygen atoms in total. The second kappa shape index (κ2) is 4.98. The molecule has 0 saturated heterocycles. The third kappa shape index (κ3) is 2.38. The molecule has 3 rings (SSSR count). The molecular weight excluding hydrogens is 274 g/mol. The Bertz CT molecular complexity index is 762. The Kier molecular flexibility index (Phi) is 3.16. The highest BCUT2D eigenvalue weighted by Gasteiger charge is 2.12. The van der Waals surface area contributed by atoms with Crippen molar-refractivity contribution in [1.29, 1.82) is 0 Å². The number of carbonyl (C=O) groups excluding carboxylic acids is 1. The van der Waals surface area contributed by atoms with Crippen molar-refractivity contribution in [3.63, 3.8) is 0 Å². The first-order valence-electron chi connectivity index (χ1n) is 6.16. The van der Waals surface area contributed by atoms with Gasteiger partial charge in [0, 0.05) is 10.6 Å². The van der Waals surface area contributed by atoms with Gasteiger partial charge in [-0.2, -0.15) is 0 Å². The van der Waals surface area contributed by atoms with Crippen LogP contribution >= 0.6 is 11.6 Å². The number of imidazole rings is 1. The van der Waals surface area contributed by atoms with Gasteiger partial charge < -0.3 is 4.98 Å². The van der Waals surface area contributed by atoms with Crippen LogP contribution in [0.15, 0.2) is 42.5 Å². The number of nitrogens with zero attached hydrogens (tertiary/aromatic N) is 1.